The minimum absolute atomic E-state index is 0.0133. The molecule has 2 saturated heterocycles. The van der Waals surface area contributed by atoms with Crippen LogP contribution in [0.25, 0.3) is 0 Å². The van der Waals surface area contributed by atoms with Crippen molar-refractivity contribution in [2.45, 2.75) is 37.3 Å². The van der Waals surface area contributed by atoms with E-state index in [-0.39, 0.29) is 6.04 Å². The first kappa shape index (κ1) is 12.7. The van der Waals surface area contributed by atoms with Gasteiger partial charge in [0.2, 0.25) is 0 Å². The Morgan fingerprint density at radius 1 is 1.35 bits per heavy atom. The van der Waals surface area contributed by atoms with Gasteiger partial charge in [-0.25, -0.2) is 8.78 Å². The molecule has 0 aromatic carbocycles. The van der Waals surface area contributed by atoms with Gasteiger partial charge in [-0.3, -0.25) is 9.69 Å². The number of hydrogen-bond donors (Lipinski definition) is 1. The molecule has 0 aliphatic carbocycles. The average Bonchev–Trinajstić information content (AvgIpc) is 2.56. The van der Waals surface area contributed by atoms with Gasteiger partial charge >= 0.3 is 5.97 Å². The Balaban J connectivity index is 2.05. The van der Waals surface area contributed by atoms with Gasteiger partial charge in [0, 0.05) is 12.5 Å². The van der Waals surface area contributed by atoms with Crippen LogP contribution in [0.15, 0.2) is 0 Å². The Morgan fingerprint density at radius 3 is 2.47 bits per heavy atom. The number of carbonyl (C=O) groups is 1. The second kappa shape index (κ2) is 4.49. The zero-order valence-corrected chi connectivity index (χ0v) is 9.90. The fourth-order valence-corrected chi connectivity index (χ4v) is 2.78. The zero-order chi connectivity index (χ0) is 12.6. The summed E-state index contributed by atoms with van der Waals surface area (Å²) in [5, 5.41) is 9.01. The predicted molar refractivity (Wildman–Crippen MR) is 58.2 cm³/mol. The normalized spacial score (nSPS) is 31.8. The second-order valence-corrected chi connectivity index (χ2v) is 5.12. The van der Waals surface area contributed by atoms with Crippen LogP contribution in [0.1, 0.15) is 19.3 Å². The van der Waals surface area contributed by atoms with Gasteiger partial charge in [-0.05, 0) is 33.0 Å². The molecule has 1 unspecified atom stereocenters. The number of hydrogen-bond acceptors (Lipinski definition) is 3. The third-order valence-electron chi connectivity index (χ3n) is 3.75. The van der Waals surface area contributed by atoms with Gasteiger partial charge in [-0.15, -0.1) is 0 Å². The zero-order valence-electron chi connectivity index (χ0n) is 9.90. The van der Waals surface area contributed by atoms with E-state index in [1.165, 1.54) is 4.90 Å². The van der Waals surface area contributed by atoms with E-state index in [4.69, 9.17) is 5.11 Å². The monoisotopic (exact) mass is 248 g/mol. The van der Waals surface area contributed by atoms with Crippen molar-refractivity contribution in [2.24, 2.45) is 0 Å². The largest absolute Gasteiger partial charge is 0.480 e. The van der Waals surface area contributed by atoms with Crippen LogP contribution in [0.5, 0.6) is 0 Å². The van der Waals surface area contributed by atoms with Crippen LogP contribution in [-0.4, -0.2) is 65.6 Å². The molecule has 0 aromatic rings. The van der Waals surface area contributed by atoms with E-state index in [1.54, 1.807) is 0 Å². The molecule has 2 aliphatic heterocycles. The third kappa shape index (κ3) is 2.74. The number of piperidine rings is 1. The van der Waals surface area contributed by atoms with E-state index in [9.17, 15) is 13.6 Å². The van der Waals surface area contributed by atoms with Crippen LogP contribution in [0.2, 0.25) is 0 Å². The molecular weight excluding hydrogens is 230 g/mol. The van der Waals surface area contributed by atoms with Crippen molar-refractivity contribution in [3.8, 4) is 0 Å². The number of likely N-dealkylation sites (tertiary alicyclic amines) is 2. The molecule has 0 radical (unpaired) electrons. The highest BCUT2D eigenvalue weighted by atomic mass is 19.3. The molecule has 0 spiro atoms. The van der Waals surface area contributed by atoms with Crippen molar-refractivity contribution in [1.82, 2.24) is 9.80 Å². The summed E-state index contributed by atoms with van der Waals surface area (Å²) in [6, 6.07) is -1.03. The smallest absolute Gasteiger partial charge is 0.321 e. The molecule has 2 aliphatic rings. The van der Waals surface area contributed by atoms with Crippen LogP contribution in [0.3, 0.4) is 0 Å². The van der Waals surface area contributed by atoms with E-state index in [1.807, 2.05) is 7.05 Å². The number of carboxylic acids is 1. The van der Waals surface area contributed by atoms with E-state index < -0.39 is 30.9 Å². The van der Waals surface area contributed by atoms with Crippen LogP contribution in [-0.2, 0) is 4.79 Å². The van der Waals surface area contributed by atoms with Gasteiger partial charge in [0.15, 0.2) is 0 Å². The van der Waals surface area contributed by atoms with Crippen LogP contribution >= 0.6 is 0 Å². The highest BCUT2D eigenvalue weighted by Crippen LogP contribution is 2.35. The summed E-state index contributed by atoms with van der Waals surface area (Å²) in [6.45, 7) is 1.29. The van der Waals surface area contributed by atoms with Crippen molar-refractivity contribution in [1.29, 1.82) is 0 Å². The summed E-state index contributed by atoms with van der Waals surface area (Å²) in [7, 11) is 1.99. The summed E-state index contributed by atoms with van der Waals surface area (Å²) in [4.78, 5) is 14.7. The molecule has 98 valence electrons. The maximum absolute atomic E-state index is 13.3. The molecule has 0 bridgehead atoms. The summed E-state index contributed by atoms with van der Waals surface area (Å²) in [5.74, 6) is -3.98. The first-order chi connectivity index (χ1) is 7.89. The van der Waals surface area contributed by atoms with Gasteiger partial charge < -0.3 is 10.0 Å². The molecule has 0 amide bonds. The van der Waals surface area contributed by atoms with Gasteiger partial charge in [-0.1, -0.05) is 0 Å². The minimum Gasteiger partial charge on any atom is -0.480 e. The van der Waals surface area contributed by atoms with Crippen molar-refractivity contribution >= 4 is 5.97 Å². The molecule has 2 rings (SSSR count). The number of carboxylic acid groups (broad SMARTS) is 1. The molecule has 2 heterocycles. The Labute approximate surface area is 99.2 Å². The number of rotatable bonds is 2. The maximum Gasteiger partial charge on any atom is 0.321 e. The molecular formula is C11H18F2N2O2. The highest BCUT2D eigenvalue weighted by Gasteiger charge is 2.50. The van der Waals surface area contributed by atoms with Crippen molar-refractivity contribution in [3.63, 3.8) is 0 Å². The first-order valence-electron chi connectivity index (χ1n) is 5.94. The number of alkyl halides is 2. The third-order valence-corrected chi connectivity index (χ3v) is 3.75. The van der Waals surface area contributed by atoms with Gasteiger partial charge in [0.25, 0.3) is 5.92 Å². The molecule has 4 nitrogen and oxygen atoms in total. The Bertz CT molecular complexity index is 304. The summed E-state index contributed by atoms with van der Waals surface area (Å²) < 4.78 is 26.6. The molecule has 17 heavy (non-hydrogen) atoms. The van der Waals surface area contributed by atoms with Crippen molar-refractivity contribution in [2.75, 3.05) is 26.7 Å². The SMILES string of the molecule is CN1CCC(N2CC(F)(F)CC2C(=O)O)CC1. The fourth-order valence-electron chi connectivity index (χ4n) is 2.78. The predicted octanol–water partition coefficient (Wildman–Crippen LogP) is 0.875. The lowest BCUT2D eigenvalue weighted by Gasteiger charge is -2.36. The molecule has 1 N–H and O–H groups in total. The van der Waals surface area contributed by atoms with E-state index in [0.29, 0.717) is 0 Å². The lowest BCUT2D eigenvalue weighted by Crippen LogP contribution is -2.48. The number of halogens is 2. The van der Waals surface area contributed by atoms with Crippen LogP contribution in [0.4, 0.5) is 8.78 Å². The minimum atomic E-state index is -2.85. The van der Waals surface area contributed by atoms with Gasteiger partial charge in [0.1, 0.15) is 6.04 Å². The molecule has 0 saturated carbocycles. The Kier molecular flexibility index (Phi) is 3.36. The maximum atomic E-state index is 13.3. The average molecular weight is 248 g/mol. The highest BCUT2D eigenvalue weighted by molar-refractivity contribution is 5.74. The van der Waals surface area contributed by atoms with Crippen LogP contribution < -0.4 is 0 Å². The molecule has 6 heteroatoms. The molecule has 1 atom stereocenters. The Morgan fingerprint density at radius 2 is 1.94 bits per heavy atom. The van der Waals surface area contributed by atoms with Gasteiger partial charge in [-0.2, -0.15) is 0 Å². The standard InChI is InChI=1S/C11H18F2N2O2/c1-14-4-2-8(3-5-14)15-7-11(12,13)6-9(15)10(16)17/h8-9H,2-7H2,1H3,(H,16,17). The topological polar surface area (TPSA) is 43.8 Å². The van der Waals surface area contributed by atoms with Crippen molar-refractivity contribution < 1.29 is 18.7 Å². The molecule has 2 fully saturated rings. The quantitative estimate of drug-likeness (QED) is 0.787. The number of nitrogens with zero attached hydrogens (tertiary/aromatic N) is 2. The first-order valence-corrected chi connectivity index (χ1v) is 5.94. The second-order valence-electron chi connectivity index (χ2n) is 5.12. The van der Waals surface area contributed by atoms with E-state index in [0.717, 1.165) is 25.9 Å². The van der Waals surface area contributed by atoms with Gasteiger partial charge in [0.05, 0.1) is 6.54 Å². The van der Waals surface area contributed by atoms with E-state index in [2.05, 4.69) is 4.90 Å². The molecule has 0 aromatic heterocycles. The summed E-state index contributed by atoms with van der Waals surface area (Å²) in [6.07, 6.45) is 1.00. The summed E-state index contributed by atoms with van der Waals surface area (Å²) in [5.41, 5.74) is 0. The van der Waals surface area contributed by atoms with E-state index >= 15 is 0 Å². The number of aliphatic carboxylic acids is 1. The lowest BCUT2D eigenvalue weighted by atomic mass is 10.0. The fraction of sp³-hybridized carbons (Fsp3) is 0.909. The van der Waals surface area contributed by atoms with Crippen LogP contribution in [0, 0.1) is 0 Å². The van der Waals surface area contributed by atoms with Crippen molar-refractivity contribution in [3.05, 3.63) is 0 Å². The Hall–Kier alpha value is -0.750. The lowest BCUT2D eigenvalue weighted by molar-refractivity contribution is -0.143. The summed E-state index contributed by atoms with van der Waals surface area (Å²) >= 11 is 0.